The third kappa shape index (κ3) is 16.3. The highest BCUT2D eigenvalue weighted by atomic mass is 16.5. The van der Waals surface area contributed by atoms with Gasteiger partial charge in [0, 0.05) is 11.6 Å². The normalized spacial score (nSPS) is 8.76. The number of carboxylic acid groups (broad SMARTS) is 2. The van der Waals surface area contributed by atoms with Crippen molar-refractivity contribution in [3.05, 3.63) is 37.1 Å². The Balaban J connectivity index is 0. The van der Waals surface area contributed by atoms with E-state index in [1.165, 1.54) is 13.0 Å². The van der Waals surface area contributed by atoms with E-state index in [0.29, 0.717) is 0 Å². The van der Waals surface area contributed by atoms with Crippen molar-refractivity contribution in [3.8, 4) is 0 Å². The molecule has 0 heterocycles. The van der Waals surface area contributed by atoms with Gasteiger partial charge in [0.1, 0.15) is 0 Å². The molecule has 0 saturated carbocycles. The summed E-state index contributed by atoms with van der Waals surface area (Å²) in [6.45, 7) is 7.76. The molecular formula is C11H14O6. The molecule has 0 radical (unpaired) electrons. The molecule has 0 aliphatic rings. The van der Waals surface area contributed by atoms with Gasteiger partial charge in [-0.15, -0.1) is 0 Å². The zero-order valence-electron chi connectivity index (χ0n) is 9.38. The van der Waals surface area contributed by atoms with Crippen LogP contribution in [0.25, 0.3) is 0 Å². The smallest absolute Gasteiger partial charge is 0.330 e. The maximum atomic E-state index is 10.5. The average molecular weight is 242 g/mol. The van der Waals surface area contributed by atoms with Gasteiger partial charge in [-0.25, -0.2) is 9.59 Å². The van der Waals surface area contributed by atoms with E-state index in [1.54, 1.807) is 0 Å². The first kappa shape index (κ1) is 17.0. The summed E-state index contributed by atoms with van der Waals surface area (Å²) in [6.07, 6.45) is 3.02. The van der Waals surface area contributed by atoms with E-state index < -0.39 is 17.9 Å². The minimum absolute atomic E-state index is 0.0572. The third-order valence-corrected chi connectivity index (χ3v) is 1.12. The molecule has 6 heteroatoms. The predicted octanol–water partition coefficient (Wildman–Crippen LogP) is 1.35. The molecule has 0 unspecified atom stereocenters. The molecule has 0 aromatic carbocycles. The number of carbonyl (C=O) groups is 3. The first-order chi connectivity index (χ1) is 7.81. The molecule has 17 heavy (non-hydrogen) atoms. The quantitative estimate of drug-likeness (QED) is 0.428. The highest BCUT2D eigenvalue weighted by Crippen LogP contribution is 1.88. The van der Waals surface area contributed by atoms with Crippen LogP contribution in [-0.4, -0.2) is 28.1 Å². The van der Waals surface area contributed by atoms with Gasteiger partial charge in [0.05, 0.1) is 12.7 Å². The Morgan fingerprint density at radius 3 is 2.06 bits per heavy atom. The standard InChI is InChI=1S/C7H8O4.C4H6O2/c1-2-11-7(10)5-3-4-6(8)9;1-3(2)4(5)6/h2-4H,1,5H2,(H,8,9);1H2,2H3,(H,5,6). The summed E-state index contributed by atoms with van der Waals surface area (Å²) in [5, 5.41) is 16.0. The summed E-state index contributed by atoms with van der Waals surface area (Å²) in [5.41, 5.74) is 0.176. The lowest BCUT2D eigenvalue weighted by Crippen LogP contribution is -1.96. The summed E-state index contributed by atoms with van der Waals surface area (Å²) >= 11 is 0. The van der Waals surface area contributed by atoms with Gasteiger partial charge in [-0.2, -0.15) is 0 Å². The Morgan fingerprint density at radius 1 is 1.29 bits per heavy atom. The second-order valence-electron chi connectivity index (χ2n) is 2.69. The first-order valence-electron chi connectivity index (χ1n) is 4.40. The predicted molar refractivity (Wildman–Crippen MR) is 60.1 cm³/mol. The van der Waals surface area contributed by atoms with Crippen LogP contribution in [0.3, 0.4) is 0 Å². The van der Waals surface area contributed by atoms with Gasteiger partial charge in [0.2, 0.25) is 0 Å². The van der Waals surface area contributed by atoms with Gasteiger partial charge in [0.25, 0.3) is 0 Å². The van der Waals surface area contributed by atoms with Crippen molar-refractivity contribution in [2.75, 3.05) is 0 Å². The maximum absolute atomic E-state index is 10.5. The fourth-order valence-electron chi connectivity index (χ4n) is 0.397. The molecule has 94 valence electrons. The number of esters is 1. The highest BCUT2D eigenvalue weighted by molar-refractivity contribution is 5.84. The van der Waals surface area contributed by atoms with Crippen molar-refractivity contribution >= 4 is 17.9 Å². The van der Waals surface area contributed by atoms with Crippen molar-refractivity contribution in [1.82, 2.24) is 0 Å². The molecule has 0 aromatic heterocycles. The molecule has 6 nitrogen and oxygen atoms in total. The van der Waals surface area contributed by atoms with E-state index in [-0.39, 0.29) is 12.0 Å². The fourth-order valence-corrected chi connectivity index (χ4v) is 0.397. The van der Waals surface area contributed by atoms with Crippen molar-refractivity contribution in [1.29, 1.82) is 0 Å². The molecule has 0 saturated heterocycles. The summed E-state index contributed by atoms with van der Waals surface area (Å²) in [5.74, 6) is -2.55. The van der Waals surface area contributed by atoms with Crippen molar-refractivity contribution in [2.24, 2.45) is 0 Å². The van der Waals surface area contributed by atoms with Gasteiger partial charge in [-0.05, 0) is 6.92 Å². The second-order valence-corrected chi connectivity index (χ2v) is 2.69. The maximum Gasteiger partial charge on any atom is 0.330 e. The van der Waals surface area contributed by atoms with Crippen molar-refractivity contribution in [3.63, 3.8) is 0 Å². The van der Waals surface area contributed by atoms with Gasteiger partial charge in [0.15, 0.2) is 0 Å². The van der Waals surface area contributed by atoms with Crippen LogP contribution in [0.5, 0.6) is 0 Å². The van der Waals surface area contributed by atoms with Crippen LogP contribution in [0, 0.1) is 0 Å². The van der Waals surface area contributed by atoms with Gasteiger partial charge < -0.3 is 14.9 Å². The molecule has 0 aliphatic carbocycles. The van der Waals surface area contributed by atoms with Gasteiger partial charge >= 0.3 is 17.9 Å². The average Bonchev–Trinajstić information content (AvgIpc) is 2.18. The van der Waals surface area contributed by atoms with Crippen LogP contribution >= 0.6 is 0 Å². The lowest BCUT2D eigenvalue weighted by atomic mass is 10.4. The second kappa shape index (κ2) is 10.2. The SMILES string of the molecule is C=C(C)C(=O)O.C=COC(=O)CC=CC(=O)O. The molecule has 0 aromatic rings. The number of carbonyl (C=O) groups excluding carboxylic acids is 1. The Kier molecular flexibility index (Phi) is 10.2. The number of carboxylic acids is 2. The molecule has 0 amide bonds. The Morgan fingerprint density at radius 2 is 1.76 bits per heavy atom. The fraction of sp³-hybridized carbons (Fsp3) is 0.182. The van der Waals surface area contributed by atoms with Crippen LogP contribution in [0.15, 0.2) is 37.1 Å². The van der Waals surface area contributed by atoms with E-state index >= 15 is 0 Å². The molecule has 0 atom stereocenters. The third-order valence-electron chi connectivity index (χ3n) is 1.12. The topological polar surface area (TPSA) is 101 Å². The van der Waals surface area contributed by atoms with Crippen LogP contribution in [-0.2, 0) is 19.1 Å². The minimum atomic E-state index is -1.09. The molecule has 0 spiro atoms. The monoisotopic (exact) mass is 242 g/mol. The summed E-state index contributed by atoms with van der Waals surface area (Å²) in [4.78, 5) is 30.0. The minimum Gasteiger partial charge on any atom is -0.478 e. The van der Waals surface area contributed by atoms with E-state index in [2.05, 4.69) is 17.9 Å². The summed E-state index contributed by atoms with van der Waals surface area (Å²) < 4.78 is 4.30. The van der Waals surface area contributed by atoms with Crippen LogP contribution < -0.4 is 0 Å². The molecule has 0 rings (SSSR count). The Bertz CT molecular complexity index is 328. The number of hydrogen-bond acceptors (Lipinski definition) is 4. The lowest BCUT2D eigenvalue weighted by molar-refractivity contribution is -0.137. The number of aliphatic carboxylic acids is 2. The summed E-state index contributed by atoms with van der Waals surface area (Å²) in [7, 11) is 0. The van der Waals surface area contributed by atoms with E-state index in [1.807, 2.05) is 0 Å². The van der Waals surface area contributed by atoms with E-state index in [9.17, 15) is 14.4 Å². The van der Waals surface area contributed by atoms with Crippen LogP contribution in [0.4, 0.5) is 0 Å². The summed E-state index contributed by atoms with van der Waals surface area (Å²) in [6, 6.07) is 0. The van der Waals surface area contributed by atoms with Crippen LogP contribution in [0.2, 0.25) is 0 Å². The van der Waals surface area contributed by atoms with Crippen molar-refractivity contribution in [2.45, 2.75) is 13.3 Å². The number of ether oxygens (including phenoxy) is 1. The Labute approximate surface area is 98.5 Å². The molecular weight excluding hydrogens is 228 g/mol. The number of hydrogen-bond donors (Lipinski definition) is 2. The number of rotatable bonds is 5. The van der Waals surface area contributed by atoms with Crippen molar-refractivity contribution < 1.29 is 29.3 Å². The van der Waals surface area contributed by atoms with Gasteiger partial charge in [-0.3, -0.25) is 4.79 Å². The van der Waals surface area contributed by atoms with E-state index in [4.69, 9.17) is 10.2 Å². The Hall–Kier alpha value is -2.37. The van der Waals surface area contributed by atoms with Gasteiger partial charge in [-0.1, -0.05) is 19.2 Å². The highest BCUT2D eigenvalue weighted by Gasteiger charge is 1.95. The van der Waals surface area contributed by atoms with E-state index in [0.717, 1.165) is 12.3 Å². The molecule has 0 bridgehead atoms. The zero-order valence-corrected chi connectivity index (χ0v) is 9.38. The first-order valence-corrected chi connectivity index (χ1v) is 4.40. The lowest BCUT2D eigenvalue weighted by Gasteiger charge is -1.91. The molecule has 0 fully saturated rings. The largest absolute Gasteiger partial charge is 0.478 e. The molecule has 0 aliphatic heterocycles. The zero-order chi connectivity index (χ0) is 13.8. The van der Waals surface area contributed by atoms with Crippen LogP contribution in [0.1, 0.15) is 13.3 Å². The molecule has 2 N–H and O–H groups in total.